The molecule has 5 heteroatoms. The highest BCUT2D eigenvalue weighted by molar-refractivity contribution is 5.66. The predicted octanol–water partition coefficient (Wildman–Crippen LogP) is 1.10. The average molecular weight is 251 g/mol. The second-order valence-corrected chi connectivity index (χ2v) is 5.37. The van der Waals surface area contributed by atoms with Crippen molar-refractivity contribution in [3.05, 3.63) is 5.69 Å². The lowest BCUT2D eigenvalue weighted by molar-refractivity contribution is 0.257. The molecule has 1 aromatic rings. The van der Waals surface area contributed by atoms with Crippen LogP contribution in [0.4, 0.5) is 11.5 Å². The van der Waals surface area contributed by atoms with Crippen molar-refractivity contribution in [1.82, 2.24) is 14.7 Å². The van der Waals surface area contributed by atoms with E-state index in [1.165, 1.54) is 12.8 Å². The summed E-state index contributed by atoms with van der Waals surface area (Å²) in [6.45, 7) is 4.22. The maximum atomic E-state index is 6.23. The molecule has 2 rings (SSSR count). The van der Waals surface area contributed by atoms with Crippen molar-refractivity contribution in [2.75, 3.05) is 37.8 Å². The fourth-order valence-electron chi connectivity index (χ4n) is 2.79. The van der Waals surface area contributed by atoms with Crippen LogP contribution < -0.4 is 10.6 Å². The van der Waals surface area contributed by atoms with Crippen molar-refractivity contribution in [3.63, 3.8) is 0 Å². The number of hydrogen-bond acceptors (Lipinski definition) is 4. The monoisotopic (exact) mass is 251 g/mol. The normalized spacial score (nSPS) is 20.7. The molecule has 1 unspecified atom stereocenters. The zero-order valence-electron chi connectivity index (χ0n) is 12.0. The van der Waals surface area contributed by atoms with Crippen molar-refractivity contribution in [2.24, 2.45) is 7.05 Å². The summed E-state index contributed by atoms with van der Waals surface area (Å²) < 4.78 is 1.94. The Morgan fingerprint density at radius 1 is 1.44 bits per heavy atom. The molecule has 1 aliphatic heterocycles. The number of aryl methyl sites for hydroxylation is 2. The Morgan fingerprint density at radius 2 is 2.17 bits per heavy atom. The number of nitrogen functional groups attached to an aromatic ring is 1. The number of nitrogens with zero attached hydrogens (tertiary/aromatic N) is 4. The third-order valence-corrected chi connectivity index (χ3v) is 3.89. The molecule has 102 valence electrons. The van der Waals surface area contributed by atoms with Gasteiger partial charge in [0, 0.05) is 26.2 Å². The van der Waals surface area contributed by atoms with E-state index in [9.17, 15) is 0 Å². The first-order valence-electron chi connectivity index (χ1n) is 6.77. The van der Waals surface area contributed by atoms with Crippen molar-refractivity contribution in [1.29, 1.82) is 0 Å². The molecule has 0 aliphatic carbocycles. The molecule has 2 N–H and O–H groups in total. The van der Waals surface area contributed by atoms with E-state index in [-0.39, 0.29) is 0 Å². The van der Waals surface area contributed by atoms with Crippen molar-refractivity contribution < 1.29 is 0 Å². The Balaban J connectivity index is 2.23. The summed E-state index contributed by atoms with van der Waals surface area (Å²) in [5, 5.41) is 4.51. The molecular weight excluding hydrogens is 226 g/mol. The Morgan fingerprint density at radius 3 is 2.72 bits per heavy atom. The molecule has 0 bridgehead atoms. The van der Waals surface area contributed by atoms with Crippen LogP contribution in [0.1, 0.15) is 25.5 Å². The summed E-state index contributed by atoms with van der Waals surface area (Å²) in [5.41, 5.74) is 8.10. The molecule has 18 heavy (non-hydrogen) atoms. The van der Waals surface area contributed by atoms with Crippen molar-refractivity contribution >= 4 is 11.5 Å². The third-order valence-electron chi connectivity index (χ3n) is 3.89. The van der Waals surface area contributed by atoms with E-state index in [1.54, 1.807) is 0 Å². The van der Waals surface area contributed by atoms with E-state index in [4.69, 9.17) is 5.73 Å². The zero-order valence-corrected chi connectivity index (χ0v) is 12.0. The maximum Gasteiger partial charge on any atom is 0.150 e. The van der Waals surface area contributed by atoms with E-state index in [0.29, 0.717) is 6.04 Å². The molecule has 0 amide bonds. The Labute approximate surface area is 110 Å². The summed E-state index contributed by atoms with van der Waals surface area (Å²) in [5.74, 6) is 1.10. The Bertz CT molecular complexity index is 410. The summed E-state index contributed by atoms with van der Waals surface area (Å²) in [7, 11) is 6.29. The molecule has 1 aromatic heterocycles. The van der Waals surface area contributed by atoms with Crippen molar-refractivity contribution in [2.45, 2.75) is 32.2 Å². The van der Waals surface area contributed by atoms with Gasteiger partial charge in [0.1, 0.15) is 5.82 Å². The van der Waals surface area contributed by atoms with Crippen LogP contribution in [0.25, 0.3) is 0 Å². The van der Waals surface area contributed by atoms with Crippen LogP contribution in [0.2, 0.25) is 0 Å². The first-order chi connectivity index (χ1) is 8.54. The van der Waals surface area contributed by atoms with E-state index >= 15 is 0 Å². The summed E-state index contributed by atoms with van der Waals surface area (Å²) in [6, 6.07) is 0.609. The van der Waals surface area contributed by atoms with Crippen LogP contribution in [-0.4, -0.2) is 47.9 Å². The Hall–Kier alpha value is -1.23. The number of nitrogens with two attached hydrogens (primary N) is 1. The van der Waals surface area contributed by atoms with Crippen LogP contribution in [0.15, 0.2) is 0 Å². The number of piperidine rings is 1. The molecule has 0 saturated carbocycles. The van der Waals surface area contributed by atoms with E-state index in [2.05, 4.69) is 35.9 Å². The number of hydrogen-bond donors (Lipinski definition) is 1. The minimum Gasteiger partial charge on any atom is -0.394 e. The highest BCUT2D eigenvalue weighted by Crippen LogP contribution is 2.29. The molecule has 5 nitrogen and oxygen atoms in total. The molecule has 2 heterocycles. The van der Waals surface area contributed by atoms with E-state index < -0.39 is 0 Å². The van der Waals surface area contributed by atoms with Gasteiger partial charge in [-0.15, -0.1) is 0 Å². The van der Waals surface area contributed by atoms with Crippen LogP contribution in [0, 0.1) is 0 Å². The lowest BCUT2D eigenvalue weighted by Crippen LogP contribution is -2.45. The topological polar surface area (TPSA) is 50.3 Å². The average Bonchev–Trinajstić information content (AvgIpc) is 2.64. The van der Waals surface area contributed by atoms with Gasteiger partial charge in [0.05, 0.1) is 11.4 Å². The van der Waals surface area contributed by atoms with Gasteiger partial charge < -0.3 is 15.5 Å². The number of likely N-dealkylation sites (N-methyl/N-ethyl adjacent to an activating group) is 1. The molecule has 0 radical (unpaired) electrons. The molecule has 1 saturated heterocycles. The standard InChI is InChI=1S/C13H25N5/c1-5-11-12(14)13(17(4)15-11)18-8-6-7-10(9-18)16(2)3/h10H,5-9,14H2,1-4H3. The highest BCUT2D eigenvalue weighted by atomic mass is 15.4. The summed E-state index contributed by atoms with van der Waals surface area (Å²) in [6.07, 6.45) is 3.38. The molecule has 0 spiro atoms. The van der Waals surface area contributed by atoms with Gasteiger partial charge in [0.15, 0.2) is 0 Å². The largest absolute Gasteiger partial charge is 0.394 e. The second kappa shape index (κ2) is 5.18. The lowest BCUT2D eigenvalue weighted by Gasteiger charge is -2.37. The predicted molar refractivity (Wildman–Crippen MR) is 75.9 cm³/mol. The first-order valence-corrected chi connectivity index (χ1v) is 6.77. The van der Waals surface area contributed by atoms with Gasteiger partial charge >= 0.3 is 0 Å². The third kappa shape index (κ3) is 2.32. The number of aromatic nitrogens is 2. The van der Waals surface area contributed by atoms with Gasteiger partial charge in [-0.2, -0.15) is 5.10 Å². The highest BCUT2D eigenvalue weighted by Gasteiger charge is 2.25. The second-order valence-electron chi connectivity index (χ2n) is 5.37. The van der Waals surface area contributed by atoms with Gasteiger partial charge in [-0.05, 0) is 33.4 Å². The van der Waals surface area contributed by atoms with Gasteiger partial charge in [-0.3, -0.25) is 4.68 Å². The first kappa shape index (κ1) is 13.2. The van der Waals surface area contributed by atoms with Gasteiger partial charge in [0.25, 0.3) is 0 Å². The smallest absolute Gasteiger partial charge is 0.150 e. The van der Waals surface area contributed by atoms with Crippen LogP contribution >= 0.6 is 0 Å². The minimum absolute atomic E-state index is 0.609. The molecule has 1 aliphatic rings. The summed E-state index contributed by atoms with van der Waals surface area (Å²) >= 11 is 0. The fourth-order valence-corrected chi connectivity index (χ4v) is 2.79. The Kier molecular flexibility index (Phi) is 3.80. The van der Waals surface area contributed by atoms with E-state index in [1.807, 2.05) is 11.7 Å². The minimum atomic E-state index is 0.609. The maximum absolute atomic E-state index is 6.23. The number of anilines is 2. The molecule has 0 aromatic carbocycles. The van der Waals surface area contributed by atoms with Gasteiger partial charge in [0.2, 0.25) is 0 Å². The quantitative estimate of drug-likeness (QED) is 0.874. The van der Waals surface area contributed by atoms with E-state index in [0.717, 1.165) is 36.7 Å². The van der Waals surface area contributed by atoms with Crippen LogP contribution in [0.3, 0.4) is 0 Å². The van der Waals surface area contributed by atoms with Gasteiger partial charge in [-0.25, -0.2) is 0 Å². The summed E-state index contributed by atoms with van der Waals surface area (Å²) in [4.78, 5) is 4.69. The van der Waals surface area contributed by atoms with Crippen LogP contribution in [-0.2, 0) is 13.5 Å². The molecule has 1 fully saturated rings. The van der Waals surface area contributed by atoms with Gasteiger partial charge in [-0.1, -0.05) is 6.92 Å². The lowest BCUT2D eigenvalue weighted by atomic mass is 10.0. The number of rotatable bonds is 3. The SMILES string of the molecule is CCc1nn(C)c(N2CCCC(N(C)C)C2)c1N. The fraction of sp³-hybridized carbons (Fsp3) is 0.769. The van der Waals surface area contributed by atoms with Crippen LogP contribution in [0.5, 0.6) is 0 Å². The molecular formula is C13H25N5. The molecule has 1 atom stereocenters. The van der Waals surface area contributed by atoms with Crippen molar-refractivity contribution in [3.8, 4) is 0 Å². The zero-order chi connectivity index (χ0) is 13.3.